The maximum Gasteiger partial charge on any atom is 0.274 e. The number of carbonyl (C=O) groups is 1. The Labute approximate surface area is 110 Å². The van der Waals surface area contributed by atoms with Crippen molar-refractivity contribution in [2.75, 3.05) is 10.7 Å². The number of carbonyl (C=O) groups excluding carboxylic acids is 1. The molecule has 2 aromatic rings. The Kier molecular flexibility index (Phi) is 4.07. The predicted octanol–water partition coefficient (Wildman–Crippen LogP) is 1.11. The standard InChI is InChI=1S/C13H14N4O2/c14-17-12-3-1-2-11(16-12)13(19)15-10-6-4-9(8-18)5-7-10/h1-7,18H,8,14H2,(H,15,19)(H,16,17). The molecule has 1 heterocycles. The first-order chi connectivity index (χ1) is 9.22. The summed E-state index contributed by atoms with van der Waals surface area (Å²) in [6.45, 7) is -0.0278. The molecule has 0 atom stereocenters. The Morgan fingerprint density at radius 2 is 1.95 bits per heavy atom. The van der Waals surface area contributed by atoms with E-state index in [0.29, 0.717) is 11.5 Å². The average molecular weight is 258 g/mol. The largest absolute Gasteiger partial charge is 0.392 e. The van der Waals surface area contributed by atoms with Crippen LogP contribution in [0.3, 0.4) is 0 Å². The zero-order chi connectivity index (χ0) is 13.7. The van der Waals surface area contributed by atoms with Crippen LogP contribution in [0.25, 0.3) is 0 Å². The molecular weight excluding hydrogens is 244 g/mol. The van der Waals surface area contributed by atoms with Crippen molar-refractivity contribution in [1.82, 2.24) is 4.98 Å². The first-order valence-electron chi connectivity index (χ1n) is 5.68. The number of aliphatic hydroxyl groups is 1. The molecule has 0 saturated carbocycles. The lowest BCUT2D eigenvalue weighted by Crippen LogP contribution is -2.16. The lowest BCUT2D eigenvalue weighted by Gasteiger charge is -2.06. The van der Waals surface area contributed by atoms with Crippen LogP contribution in [0.2, 0.25) is 0 Å². The summed E-state index contributed by atoms with van der Waals surface area (Å²) in [6, 6.07) is 11.8. The summed E-state index contributed by atoms with van der Waals surface area (Å²) in [5, 5.41) is 11.6. The van der Waals surface area contributed by atoms with Crippen LogP contribution in [0.1, 0.15) is 16.1 Å². The number of benzene rings is 1. The first kappa shape index (κ1) is 13.0. The molecule has 0 spiro atoms. The average Bonchev–Trinajstić information content (AvgIpc) is 2.48. The molecule has 1 aromatic carbocycles. The van der Waals surface area contributed by atoms with Gasteiger partial charge in [0.15, 0.2) is 0 Å². The third-order valence-electron chi connectivity index (χ3n) is 2.52. The van der Waals surface area contributed by atoms with Gasteiger partial charge in [-0.3, -0.25) is 4.79 Å². The molecular formula is C13H14N4O2. The van der Waals surface area contributed by atoms with Crippen molar-refractivity contribution in [3.05, 3.63) is 53.7 Å². The smallest absolute Gasteiger partial charge is 0.274 e. The molecule has 0 bridgehead atoms. The van der Waals surface area contributed by atoms with E-state index >= 15 is 0 Å². The van der Waals surface area contributed by atoms with Crippen LogP contribution < -0.4 is 16.6 Å². The molecule has 98 valence electrons. The summed E-state index contributed by atoms with van der Waals surface area (Å²) in [5.74, 6) is 5.33. The highest BCUT2D eigenvalue weighted by atomic mass is 16.3. The fourth-order valence-corrected chi connectivity index (χ4v) is 1.53. The lowest BCUT2D eigenvalue weighted by molar-refractivity contribution is 0.102. The molecule has 0 aliphatic rings. The highest BCUT2D eigenvalue weighted by Crippen LogP contribution is 2.11. The molecule has 0 aliphatic carbocycles. The van der Waals surface area contributed by atoms with Crippen LogP contribution >= 0.6 is 0 Å². The van der Waals surface area contributed by atoms with Crippen molar-refractivity contribution in [2.45, 2.75) is 6.61 Å². The van der Waals surface area contributed by atoms with Gasteiger partial charge in [-0.15, -0.1) is 0 Å². The monoisotopic (exact) mass is 258 g/mol. The third kappa shape index (κ3) is 3.27. The SMILES string of the molecule is NNc1cccc(C(=O)Nc2ccc(CO)cc2)n1. The summed E-state index contributed by atoms with van der Waals surface area (Å²) >= 11 is 0. The molecule has 1 aromatic heterocycles. The van der Waals surface area contributed by atoms with Gasteiger partial charge in [0.1, 0.15) is 11.5 Å². The number of amides is 1. The summed E-state index contributed by atoms with van der Waals surface area (Å²) in [5.41, 5.74) is 4.06. The number of hydrogen-bond donors (Lipinski definition) is 4. The van der Waals surface area contributed by atoms with Crippen molar-refractivity contribution in [1.29, 1.82) is 0 Å². The highest BCUT2D eigenvalue weighted by Gasteiger charge is 2.08. The second-order valence-corrected chi connectivity index (χ2v) is 3.86. The van der Waals surface area contributed by atoms with E-state index in [9.17, 15) is 4.79 Å². The van der Waals surface area contributed by atoms with Gasteiger partial charge >= 0.3 is 0 Å². The second-order valence-electron chi connectivity index (χ2n) is 3.86. The van der Waals surface area contributed by atoms with Crippen molar-refractivity contribution >= 4 is 17.4 Å². The minimum atomic E-state index is -0.325. The van der Waals surface area contributed by atoms with E-state index in [1.54, 1.807) is 42.5 Å². The minimum Gasteiger partial charge on any atom is -0.392 e. The van der Waals surface area contributed by atoms with Crippen LogP contribution in [0.5, 0.6) is 0 Å². The molecule has 6 nitrogen and oxygen atoms in total. The van der Waals surface area contributed by atoms with Crippen LogP contribution in [0.15, 0.2) is 42.5 Å². The molecule has 6 heteroatoms. The Hall–Kier alpha value is -2.44. The number of rotatable bonds is 4. The summed E-state index contributed by atoms with van der Waals surface area (Å²) < 4.78 is 0. The first-order valence-corrected chi connectivity index (χ1v) is 5.68. The molecule has 19 heavy (non-hydrogen) atoms. The van der Waals surface area contributed by atoms with Gasteiger partial charge in [-0.1, -0.05) is 18.2 Å². The molecule has 5 N–H and O–H groups in total. The quantitative estimate of drug-likeness (QED) is 0.486. The topological polar surface area (TPSA) is 100 Å². The van der Waals surface area contributed by atoms with Gasteiger partial charge in [-0.2, -0.15) is 0 Å². The van der Waals surface area contributed by atoms with Crippen LogP contribution in [-0.4, -0.2) is 16.0 Å². The number of nitrogens with two attached hydrogens (primary N) is 1. The van der Waals surface area contributed by atoms with E-state index in [2.05, 4.69) is 15.7 Å². The Bertz CT molecular complexity index is 569. The van der Waals surface area contributed by atoms with Gasteiger partial charge in [-0.05, 0) is 29.8 Å². The molecule has 0 saturated heterocycles. The number of pyridine rings is 1. The van der Waals surface area contributed by atoms with Crippen molar-refractivity contribution in [2.24, 2.45) is 5.84 Å². The number of hydrogen-bond acceptors (Lipinski definition) is 5. The molecule has 0 radical (unpaired) electrons. The van der Waals surface area contributed by atoms with Crippen molar-refractivity contribution < 1.29 is 9.90 Å². The normalized spacial score (nSPS) is 10.0. The summed E-state index contributed by atoms with van der Waals surface area (Å²) in [6.07, 6.45) is 0. The molecule has 0 unspecified atom stereocenters. The van der Waals surface area contributed by atoms with Gasteiger partial charge in [0, 0.05) is 5.69 Å². The summed E-state index contributed by atoms with van der Waals surface area (Å²) in [4.78, 5) is 16.0. The second kappa shape index (κ2) is 5.94. The van der Waals surface area contributed by atoms with E-state index in [4.69, 9.17) is 10.9 Å². The molecule has 2 rings (SSSR count). The molecule has 0 fully saturated rings. The van der Waals surface area contributed by atoms with E-state index in [-0.39, 0.29) is 18.2 Å². The Morgan fingerprint density at radius 3 is 2.58 bits per heavy atom. The number of nitrogens with one attached hydrogen (secondary N) is 2. The molecule has 0 aliphatic heterocycles. The maximum absolute atomic E-state index is 11.9. The maximum atomic E-state index is 11.9. The van der Waals surface area contributed by atoms with Gasteiger partial charge in [0.2, 0.25) is 0 Å². The fraction of sp³-hybridized carbons (Fsp3) is 0.0769. The van der Waals surface area contributed by atoms with Gasteiger partial charge in [0.25, 0.3) is 5.91 Å². The predicted molar refractivity (Wildman–Crippen MR) is 72.4 cm³/mol. The van der Waals surface area contributed by atoms with Gasteiger partial charge in [0.05, 0.1) is 6.61 Å². The van der Waals surface area contributed by atoms with Crippen molar-refractivity contribution in [3.63, 3.8) is 0 Å². The number of anilines is 2. The zero-order valence-electron chi connectivity index (χ0n) is 10.1. The highest BCUT2D eigenvalue weighted by molar-refractivity contribution is 6.03. The Balaban J connectivity index is 2.11. The van der Waals surface area contributed by atoms with Crippen molar-refractivity contribution in [3.8, 4) is 0 Å². The van der Waals surface area contributed by atoms with E-state index in [1.165, 1.54) is 0 Å². The fourth-order valence-electron chi connectivity index (χ4n) is 1.53. The summed E-state index contributed by atoms with van der Waals surface area (Å²) in [7, 11) is 0. The van der Waals surface area contributed by atoms with Gasteiger partial charge in [-0.25, -0.2) is 10.8 Å². The van der Waals surface area contributed by atoms with Gasteiger partial charge < -0.3 is 15.8 Å². The van der Waals surface area contributed by atoms with Crippen LogP contribution in [0, 0.1) is 0 Å². The van der Waals surface area contributed by atoms with Crippen LogP contribution in [0.4, 0.5) is 11.5 Å². The molecule has 1 amide bonds. The van der Waals surface area contributed by atoms with E-state index in [0.717, 1.165) is 5.56 Å². The van der Waals surface area contributed by atoms with E-state index < -0.39 is 0 Å². The lowest BCUT2D eigenvalue weighted by atomic mass is 10.2. The number of nitrogen functional groups attached to an aromatic ring is 1. The zero-order valence-corrected chi connectivity index (χ0v) is 10.1. The number of aromatic nitrogens is 1. The third-order valence-corrected chi connectivity index (χ3v) is 2.52. The van der Waals surface area contributed by atoms with E-state index in [1.807, 2.05) is 0 Å². The van der Waals surface area contributed by atoms with Crippen LogP contribution in [-0.2, 0) is 6.61 Å². The number of hydrazine groups is 1. The number of nitrogens with zero attached hydrogens (tertiary/aromatic N) is 1. The Morgan fingerprint density at radius 1 is 1.21 bits per heavy atom. The minimum absolute atomic E-state index is 0.0278. The number of aliphatic hydroxyl groups excluding tert-OH is 1.